The molecule has 204 valence electrons. The number of aromatic nitrogens is 3. The summed E-state index contributed by atoms with van der Waals surface area (Å²) in [4.78, 5) is 32.1. The highest BCUT2D eigenvalue weighted by molar-refractivity contribution is 7.17. The third kappa shape index (κ3) is 5.80. The zero-order chi connectivity index (χ0) is 27.7. The van der Waals surface area contributed by atoms with E-state index in [2.05, 4.69) is 32.5 Å². The molecule has 4 heterocycles. The van der Waals surface area contributed by atoms with Gasteiger partial charge in [0.1, 0.15) is 22.1 Å². The predicted octanol–water partition coefficient (Wildman–Crippen LogP) is 4.65. The van der Waals surface area contributed by atoms with Gasteiger partial charge in [0.15, 0.2) is 0 Å². The summed E-state index contributed by atoms with van der Waals surface area (Å²) in [6.07, 6.45) is 0. The molecule has 5 rings (SSSR count). The Bertz CT molecular complexity index is 1510. The first kappa shape index (κ1) is 26.8. The van der Waals surface area contributed by atoms with Crippen molar-refractivity contribution >= 4 is 56.5 Å². The number of fused-ring (bicyclic) bond motifs is 1. The number of thiophene rings is 1. The van der Waals surface area contributed by atoms with Crippen molar-refractivity contribution in [2.75, 3.05) is 55.9 Å². The molecule has 0 bridgehead atoms. The number of pyridine rings is 1. The maximum atomic E-state index is 12.7. The first-order valence-corrected chi connectivity index (χ1v) is 13.7. The molecule has 1 aliphatic heterocycles. The Hall–Kier alpha value is -3.80. The van der Waals surface area contributed by atoms with Gasteiger partial charge in [-0.05, 0) is 69.1 Å². The molecule has 0 atom stereocenters. The summed E-state index contributed by atoms with van der Waals surface area (Å²) >= 11 is 1.53. The van der Waals surface area contributed by atoms with Crippen molar-refractivity contribution in [3.63, 3.8) is 0 Å². The summed E-state index contributed by atoms with van der Waals surface area (Å²) in [5.41, 5.74) is 2.55. The summed E-state index contributed by atoms with van der Waals surface area (Å²) in [5.74, 6) is 1.16. The second-order valence-corrected chi connectivity index (χ2v) is 11.1. The molecule has 1 fully saturated rings. The van der Waals surface area contributed by atoms with Crippen molar-refractivity contribution in [2.24, 2.45) is 0 Å². The van der Waals surface area contributed by atoms with E-state index >= 15 is 0 Å². The molecule has 4 aromatic rings. The zero-order valence-corrected chi connectivity index (χ0v) is 23.6. The van der Waals surface area contributed by atoms with Crippen LogP contribution in [-0.4, -0.2) is 71.3 Å². The zero-order valence-electron chi connectivity index (χ0n) is 22.8. The highest BCUT2D eigenvalue weighted by atomic mass is 32.1. The van der Waals surface area contributed by atoms with Crippen LogP contribution in [0.3, 0.4) is 0 Å². The Kier molecular flexibility index (Phi) is 7.39. The summed E-state index contributed by atoms with van der Waals surface area (Å²) < 4.78 is 5.11. The number of rotatable bonds is 7. The van der Waals surface area contributed by atoms with E-state index in [0.29, 0.717) is 34.5 Å². The number of piperazine rings is 1. The summed E-state index contributed by atoms with van der Waals surface area (Å²) in [5, 5.41) is 19.9. The number of hydrogen-bond acceptors (Lipinski definition) is 11. The number of aliphatic hydroxyl groups is 1. The Morgan fingerprint density at radius 2 is 1.85 bits per heavy atom. The topological polar surface area (TPSA) is 116 Å². The van der Waals surface area contributed by atoms with Crippen molar-refractivity contribution < 1.29 is 14.6 Å². The van der Waals surface area contributed by atoms with Crippen LogP contribution in [0.15, 0.2) is 41.8 Å². The van der Waals surface area contributed by atoms with E-state index in [1.807, 2.05) is 36.6 Å². The molecular formula is C28H33N7O3S. The van der Waals surface area contributed by atoms with Crippen LogP contribution in [0.4, 0.5) is 29.0 Å². The molecule has 39 heavy (non-hydrogen) atoms. The third-order valence-corrected chi connectivity index (χ3v) is 7.73. The average molecular weight is 548 g/mol. The second-order valence-electron chi connectivity index (χ2n) is 10.2. The standard InChI is InChI=1S/C28H33N7O3S/c1-17-16-39-25-23(17)24(31-22-8-6-7-21(30-22)28(2,3)37)32-27(33-25)29-18-9-10-20(19(15-18)26(36)38-5)35-13-11-34(4)12-14-35/h6-10,15-16,37H,11-14H2,1-5H3,(H2,29,30,31,32,33). The van der Waals surface area contributed by atoms with Crippen LogP contribution in [0.5, 0.6) is 0 Å². The molecule has 1 aromatic carbocycles. The fourth-order valence-corrected chi connectivity index (χ4v) is 5.46. The van der Waals surface area contributed by atoms with Crippen molar-refractivity contribution in [2.45, 2.75) is 26.4 Å². The summed E-state index contributed by atoms with van der Waals surface area (Å²) in [6, 6.07) is 11.1. The Balaban J connectivity index is 1.48. The van der Waals surface area contributed by atoms with Crippen LogP contribution in [0.1, 0.15) is 35.5 Å². The quantitative estimate of drug-likeness (QED) is 0.282. The first-order chi connectivity index (χ1) is 18.6. The minimum atomic E-state index is -1.07. The van der Waals surface area contributed by atoms with E-state index in [9.17, 15) is 9.90 Å². The average Bonchev–Trinajstić information content (AvgIpc) is 3.29. The lowest BCUT2D eigenvalue weighted by Gasteiger charge is -2.35. The number of benzene rings is 1. The lowest BCUT2D eigenvalue weighted by molar-refractivity contribution is 0.0601. The van der Waals surface area contributed by atoms with Crippen LogP contribution >= 0.6 is 11.3 Å². The SMILES string of the molecule is COC(=O)c1cc(Nc2nc(Nc3cccc(C(C)(C)O)n3)c3c(C)csc3n2)ccc1N1CCN(C)CC1. The molecule has 11 heteroatoms. The van der Waals surface area contributed by atoms with E-state index < -0.39 is 11.6 Å². The van der Waals surface area contributed by atoms with Crippen molar-refractivity contribution in [1.82, 2.24) is 19.9 Å². The summed E-state index contributed by atoms with van der Waals surface area (Å²) in [6.45, 7) is 8.94. The maximum absolute atomic E-state index is 12.7. The van der Waals surface area contributed by atoms with E-state index in [-0.39, 0.29) is 0 Å². The van der Waals surface area contributed by atoms with E-state index in [1.165, 1.54) is 18.4 Å². The van der Waals surface area contributed by atoms with Gasteiger partial charge in [-0.25, -0.2) is 14.8 Å². The van der Waals surface area contributed by atoms with Gasteiger partial charge in [0.2, 0.25) is 5.95 Å². The largest absolute Gasteiger partial charge is 0.465 e. The number of hydrogen-bond donors (Lipinski definition) is 3. The monoisotopic (exact) mass is 547 g/mol. The van der Waals surface area contributed by atoms with Gasteiger partial charge in [-0.15, -0.1) is 11.3 Å². The fraction of sp³-hybridized carbons (Fsp3) is 0.357. The lowest BCUT2D eigenvalue weighted by atomic mass is 10.1. The van der Waals surface area contributed by atoms with Gasteiger partial charge >= 0.3 is 5.97 Å². The Morgan fingerprint density at radius 1 is 1.08 bits per heavy atom. The number of carbonyl (C=O) groups is 1. The molecule has 0 radical (unpaired) electrons. The number of anilines is 5. The van der Waals surface area contributed by atoms with E-state index in [4.69, 9.17) is 14.7 Å². The van der Waals surface area contributed by atoms with E-state index in [0.717, 1.165) is 47.6 Å². The highest BCUT2D eigenvalue weighted by Crippen LogP contribution is 2.34. The van der Waals surface area contributed by atoms with Gasteiger partial charge in [0, 0.05) is 31.9 Å². The van der Waals surface area contributed by atoms with Crippen LogP contribution in [0.25, 0.3) is 10.2 Å². The first-order valence-electron chi connectivity index (χ1n) is 12.8. The highest BCUT2D eigenvalue weighted by Gasteiger charge is 2.22. The Morgan fingerprint density at radius 3 is 2.56 bits per heavy atom. The number of esters is 1. The molecule has 3 N–H and O–H groups in total. The molecule has 0 amide bonds. The van der Waals surface area contributed by atoms with Crippen molar-refractivity contribution in [1.29, 1.82) is 0 Å². The fourth-order valence-electron chi connectivity index (χ4n) is 4.54. The number of ether oxygens (including phenoxy) is 1. The lowest BCUT2D eigenvalue weighted by Crippen LogP contribution is -2.45. The molecule has 0 spiro atoms. The number of aryl methyl sites for hydroxylation is 1. The minimum Gasteiger partial charge on any atom is -0.465 e. The molecule has 1 aliphatic rings. The number of nitrogens with one attached hydrogen (secondary N) is 2. The van der Waals surface area contributed by atoms with Crippen molar-refractivity contribution in [3.8, 4) is 0 Å². The van der Waals surface area contributed by atoms with Crippen LogP contribution in [0.2, 0.25) is 0 Å². The molecule has 0 aliphatic carbocycles. The van der Waals surface area contributed by atoms with Gasteiger partial charge in [-0.2, -0.15) is 4.98 Å². The van der Waals surface area contributed by atoms with E-state index in [1.54, 1.807) is 26.0 Å². The number of likely N-dealkylation sites (N-methyl/N-ethyl adjacent to an activating group) is 1. The van der Waals surface area contributed by atoms with Crippen LogP contribution in [-0.2, 0) is 10.3 Å². The van der Waals surface area contributed by atoms with Crippen LogP contribution in [0, 0.1) is 6.92 Å². The molecule has 0 saturated carbocycles. The summed E-state index contributed by atoms with van der Waals surface area (Å²) in [7, 11) is 3.49. The van der Waals surface area contributed by atoms with Gasteiger partial charge in [-0.1, -0.05) is 6.07 Å². The van der Waals surface area contributed by atoms with Gasteiger partial charge in [-0.3, -0.25) is 0 Å². The molecular weight excluding hydrogens is 514 g/mol. The van der Waals surface area contributed by atoms with Gasteiger partial charge in [0.05, 0.1) is 29.4 Å². The number of carbonyl (C=O) groups excluding carboxylic acids is 1. The smallest absolute Gasteiger partial charge is 0.340 e. The third-order valence-electron chi connectivity index (χ3n) is 6.74. The molecule has 1 saturated heterocycles. The number of methoxy groups -OCH3 is 1. The minimum absolute atomic E-state index is 0.383. The van der Waals surface area contributed by atoms with Crippen LogP contribution < -0.4 is 15.5 Å². The van der Waals surface area contributed by atoms with Crippen molar-refractivity contribution in [3.05, 3.63) is 58.6 Å². The maximum Gasteiger partial charge on any atom is 0.340 e. The molecule has 3 aromatic heterocycles. The molecule has 10 nitrogen and oxygen atoms in total. The second kappa shape index (κ2) is 10.8. The predicted molar refractivity (Wildman–Crippen MR) is 156 cm³/mol. The Labute approximate surface area is 231 Å². The van der Waals surface area contributed by atoms with Gasteiger partial charge < -0.3 is 30.3 Å². The molecule has 0 unspecified atom stereocenters. The normalized spacial score (nSPS) is 14.5. The number of nitrogens with zero attached hydrogens (tertiary/aromatic N) is 5. The van der Waals surface area contributed by atoms with Gasteiger partial charge in [0.25, 0.3) is 0 Å².